The lowest BCUT2D eigenvalue weighted by molar-refractivity contribution is -0.135. The molecule has 2 amide bonds. The largest absolute Gasteiger partial charge is 0.392 e. The average molecular weight is 409 g/mol. The summed E-state index contributed by atoms with van der Waals surface area (Å²) in [7, 11) is 0. The van der Waals surface area contributed by atoms with E-state index in [2.05, 4.69) is 10.6 Å². The Bertz CT molecular complexity index is 850. The van der Waals surface area contributed by atoms with Crippen molar-refractivity contribution in [2.45, 2.75) is 25.1 Å². The maximum absolute atomic E-state index is 12.5. The second kappa shape index (κ2) is 8.91. The van der Waals surface area contributed by atoms with Crippen LogP contribution in [-0.2, 0) is 20.9 Å². The fourth-order valence-corrected chi connectivity index (χ4v) is 3.62. The van der Waals surface area contributed by atoms with Crippen molar-refractivity contribution >= 4 is 40.8 Å². The Balaban J connectivity index is 0.00000225. The first-order chi connectivity index (χ1) is 13.1. The minimum Gasteiger partial charge on any atom is -0.392 e. The molecule has 152 valence electrons. The zero-order chi connectivity index (χ0) is 18.8. The maximum atomic E-state index is 12.5. The van der Waals surface area contributed by atoms with Crippen LogP contribution in [-0.4, -0.2) is 71.4 Å². The van der Waals surface area contributed by atoms with Crippen LogP contribution >= 0.6 is 12.4 Å². The second-order valence-corrected chi connectivity index (χ2v) is 7.05. The molecule has 0 bridgehead atoms. The summed E-state index contributed by atoms with van der Waals surface area (Å²) in [5, 5.41) is 16.4. The molecule has 0 spiro atoms. The van der Waals surface area contributed by atoms with Crippen molar-refractivity contribution in [2.24, 2.45) is 0 Å². The molecule has 1 aromatic carbocycles. The van der Waals surface area contributed by atoms with Crippen molar-refractivity contribution in [2.75, 3.05) is 38.2 Å². The molecule has 2 atom stereocenters. The van der Waals surface area contributed by atoms with Crippen LogP contribution in [0.25, 0.3) is 10.9 Å². The summed E-state index contributed by atoms with van der Waals surface area (Å²) in [6.45, 7) is 3.19. The molecule has 0 aliphatic carbocycles. The van der Waals surface area contributed by atoms with Gasteiger partial charge in [0.05, 0.1) is 25.4 Å². The summed E-state index contributed by atoms with van der Waals surface area (Å²) in [6.07, 6.45) is 1.85. The van der Waals surface area contributed by atoms with E-state index in [1.165, 1.54) is 0 Å². The molecule has 28 heavy (non-hydrogen) atoms. The van der Waals surface area contributed by atoms with Crippen molar-refractivity contribution < 1.29 is 19.4 Å². The average Bonchev–Trinajstić information content (AvgIpc) is 3.29. The Kier molecular flexibility index (Phi) is 6.56. The quantitative estimate of drug-likeness (QED) is 0.688. The highest BCUT2D eigenvalue weighted by molar-refractivity contribution is 5.97. The van der Waals surface area contributed by atoms with E-state index in [4.69, 9.17) is 4.74 Å². The Labute approximate surface area is 169 Å². The number of amides is 2. The minimum atomic E-state index is -0.471. The van der Waals surface area contributed by atoms with Crippen molar-refractivity contribution in [3.05, 3.63) is 30.5 Å². The maximum Gasteiger partial charge on any atom is 0.242 e. The van der Waals surface area contributed by atoms with E-state index < -0.39 is 6.10 Å². The number of hydrogen-bond donors (Lipinski definition) is 3. The van der Waals surface area contributed by atoms with Crippen molar-refractivity contribution in [3.63, 3.8) is 0 Å². The Morgan fingerprint density at radius 2 is 2.04 bits per heavy atom. The van der Waals surface area contributed by atoms with E-state index in [1.807, 2.05) is 39.9 Å². The molecule has 9 heteroatoms. The molecule has 3 N–H and O–H groups in total. The number of nitrogens with one attached hydrogen (secondary N) is 2. The first-order valence-corrected chi connectivity index (χ1v) is 9.27. The van der Waals surface area contributed by atoms with Crippen LogP contribution in [0.5, 0.6) is 0 Å². The van der Waals surface area contributed by atoms with E-state index in [-0.39, 0.29) is 30.3 Å². The number of benzene rings is 1. The third-order valence-electron chi connectivity index (χ3n) is 5.13. The molecule has 8 nitrogen and oxygen atoms in total. The first-order valence-electron chi connectivity index (χ1n) is 9.27. The fraction of sp³-hybridized carbons (Fsp3) is 0.474. The van der Waals surface area contributed by atoms with Crippen LogP contribution in [0.3, 0.4) is 0 Å². The molecule has 4 rings (SSSR count). The molecule has 2 aliphatic rings. The van der Waals surface area contributed by atoms with Gasteiger partial charge in [0, 0.05) is 42.4 Å². The number of halogens is 1. The van der Waals surface area contributed by atoms with Gasteiger partial charge >= 0.3 is 0 Å². The predicted molar refractivity (Wildman–Crippen MR) is 108 cm³/mol. The molecule has 2 aromatic rings. The molecule has 2 aliphatic heterocycles. The summed E-state index contributed by atoms with van der Waals surface area (Å²) < 4.78 is 7.21. The SMILES string of the molecule is Cl.O=C(Nc1ccc2c(ccn2CC(=O)N2CCOCC2)c1)C1CC(O)CN1. The van der Waals surface area contributed by atoms with Crippen LogP contribution in [0.15, 0.2) is 30.5 Å². The van der Waals surface area contributed by atoms with Crippen molar-refractivity contribution in [3.8, 4) is 0 Å². The third-order valence-corrected chi connectivity index (χ3v) is 5.13. The highest BCUT2D eigenvalue weighted by Gasteiger charge is 2.28. The molecule has 2 unspecified atom stereocenters. The molecular weight excluding hydrogens is 384 g/mol. The lowest BCUT2D eigenvalue weighted by Crippen LogP contribution is -2.42. The highest BCUT2D eigenvalue weighted by atomic mass is 35.5. The lowest BCUT2D eigenvalue weighted by atomic mass is 10.2. The van der Waals surface area contributed by atoms with Crippen LogP contribution in [0.1, 0.15) is 6.42 Å². The number of aromatic nitrogens is 1. The number of β-amino-alcohol motifs (C(OH)–C–C–N with tert-alkyl or cyclic N) is 1. The van der Waals surface area contributed by atoms with Gasteiger partial charge in [0.2, 0.25) is 11.8 Å². The topological polar surface area (TPSA) is 95.8 Å². The summed E-state index contributed by atoms with van der Waals surface area (Å²) in [5.41, 5.74) is 1.65. The first kappa shape index (κ1) is 20.6. The second-order valence-electron chi connectivity index (χ2n) is 7.05. The van der Waals surface area contributed by atoms with Gasteiger partial charge < -0.3 is 29.9 Å². The van der Waals surface area contributed by atoms with Crippen LogP contribution < -0.4 is 10.6 Å². The smallest absolute Gasteiger partial charge is 0.242 e. The number of carbonyl (C=O) groups excluding carboxylic acids is 2. The molecule has 3 heterocycles. The van der Waals surface area contributed by atoms with E-state index >= 15 is 0 Å². The number of aliphatic hydroxyl groups excluding tert-OH is 1. The van der Waals surface area contributed by atoms with Crippen molar-refractivity contribution in [1.29, 1.82) is 0 Å². The number of carbonyl (C=O) groups is 2. The van der Waals surface area contributed by atoms with E-state index in [1.54, 1.807) is 0 Å². The minimum absolute atomic E-state index is 0. The van der Waals surface area contributed by atoms with Gasteiger partial charge in [-0.25, -0.2) is 0 Å². The van der Waals surface area contributed by atoms with E-state index in [0.717, 1.165) is 10.9 Å². The zero-order valence-electron chi connectivity index (χ0n) is 15.5. The molecule has 2 fully saturated rings. The fourth-order valence-electron chi connectivity index (χ4n) is 3.62. The number of aliphatic hydroxyl groups is 1. The van der Waals surface area contributed by atoms with Gasteiger partial charge in [-0.15, -0.1) is 12.4 Å². The van der Waals surface area contributed by atoms with Gasteiger partial charge in [-0.3, -0.25) is 9.59 Å². The molecule has 0 radical (unpaired) electrons. The summed E-state index contributed by atoms with van der Waals surface area (Å²) >= 11 is 0. The normalized spacial score (nSPS) is 22.1. The molecule has 1 aromatic heterocycles. The number of hydrogen-bond acceptors (Lipinski definition) is 5. The lowest BCUT2D eigenvalue weighted by Gasteiger charge is -2.27. The molecular formula is C19H25ClN4O4. The Morgan fingerprint density at radius 1 is 1.25 bits per heavy atom. The van der Waals surface area contributed by atoms with Crippen LogP contribution in [0, 0.1) is 0 Å². The highest BCUT2D eigenvalue weighted by Crippen LogP contribution is 2.21. The van der Waals surface area contributed by atoms with Crippen LogP contribution in [0.4, 0.5) is 5.69 Å². The van der Waals surface area contributed by atoms with Gasteiger partial charge in [-0.2, -0.15) is 0 Å². The van der Waals surface area contributed by atoms with Crippen LogP contribution in [0.2, 0.25) is 0 Å². The number of fused-ring (bicyclic) bond motifs is 1. The number of morpholine rings is 1. The standard InChI is InChI=1S/C19H24N4O4.ClH/c24-15-10-16(20-11-15)19(26)21-14-1-2-17-13(9-14)3-4-23(17)12-18(25)22-5-7-27-8-6-22;/h1-4,9,15-16,20,24H,5-8,10-12H2,(H,21,26);1H. The Hall–Kier alpha value is -2.13. The van der Waals surface area contributed by atoms with Gasteiger partial charge in [0.15, 0.2) is 0 Å². The molecule has 0 saturated carbocycles. The summed E-state index contributed by atoms with van der Waals surface area (Å²) in [5.74, 6) is -0.0631. The summed E-state index contributed by atoms with van der Waals surface area (Å²) in [6, 6.07) is 7.21. The van der Waals surface area contributed by atoms with Gasteiger partial charge in [-0.05, 0) is 30.7 Å². The monoisotopic (exact) mass is 408 g/mol. The van der Waals surface area contributed by atoms with Crippen molar-refractivity contribution in [1.82, 2.24) is 14.8 Å². The number of anilines is 1. The Morgan fingerprint density at radius 3 is 2.75 bits per heavy atom. The number of rotatable bonds is 4. The number of nitrogens with zero attached hydrogens (tertiary/aromatic N) is 2. The third kappa shape index (κ3) is 4.47. The summed E-state index contributed by atoms with van der Waals surface area (Å²) in [4.78, 5) is 26.6. The molecule has 2 saturated heterocycles. The van der Waals surface area contributed by atoms with E-state index in [0.29, 0.717) is 51.5 Å². The van der Waals surface area contributed by atoms with E-state index in [9.17, 15) is 14.7 Å². The zero-order valence-corrected chi connectivity index (χ0v) is 16.3. The van der Waals surface area contributed by atoms with Gasteiger partial charge in [0.25, 0.3) is 0 Å². The number of ether oxygens (including phenoxy) is 1. The van der Waals surface area contributed by atoms with Gasteiger partial charge in [-0.1, -0.05) is 0 Å². The van der Waals surface area contributed by atoms with Gasteiger partial charge in [0.1, 0.15) is 6.54 Å². The predicted octanol–water partition coefficient (Wildman–Crippen LogP) is 0.583.